The number of thioether (sulfide) groups is 1. The van der Waals surface area contributed by atoms with Crippen LogP contribution in [0.4, 0.5) is 5.13 Å². The zero-order chi connectivity index (χ0) is 18.6. The Hall–Kier alpha value is -1.62. The average molecular weight is 472 g/mol. The molecule has 2 aromatic carbocycles. The molecule has 0 amide bonds. The van der Waals surface area contributed by atoms with E-state index >= 15 is 0 Å². The Balaban J connectivity index is 1.73. The van der Waals surface area contributed by atoms with Crippen molar-refractivity contribution in [3.63, 3.8) is 0 Å². The summed E-state index contributed by atoms with van der Waals surface area (Å²) in [5.74, 6) is 0.991. The lowest BCUT2D eigenvalue weighted by atomic mass is 10.2. The third-order valence-corrected chi connectivity index (χ3v) is 7.27. The molecule has 1 N–H and O–H groups in total. The molecule has 0 atom stereocenters. The summed E-state index contributed by atoms with van der Waals surface area (Å²) in [7, 11) is -2.42. The number of rotatable bonds is 7. The summed E-state index contributed by atoms with van der Waals surface area (Å²) in [4.78, 5) is 0.0306. The Labute approximate surface area is 168 Å². The van der Waals surface area contributed by atoms with Gasteiger partial charge in [-0.2, -0.15) is 0 Å². The standard InChI is InChI=1S/C16H14BrN3O3S3/c1-23-13-8-7-12(17)9-14(13)26(21,22)20-15-18-19-16(25-15)24-10-11-5-3-2-4-6-11/h2-9H,10H2,1H3,(H,18,20). The number of benzene rings is 2. The summed E-state index contributed by atoms with van der Waals surface area (Å²) in [6.45, 7) is 0. The second-order valence-electron chi connectivity index (χ2n) is 5.05. The highest BCUT2D eigenvalue weighted by Crippen LogP contribution is 2.32. The fraction of sp³-hybridized carbons (Fsp3) is 0.125. The van der Waals surface area contributed by atoms with Crippen LogP contribution in [0, 0.1) is 0 Å². The third-order valence-electron chi connectivity index (χ3n) is 3.25. The molecule has 0 aliphatic heterocycles. The minimum Gasteiger partial charge on any atom is -0.495 e. The monoisotopic (exact) mass is 471 g/mol. The molecule has 0 saturated heterocycles. The third kappa shape index (κ3) is 4.76. The van der Waals surface area contributed by atoms with E-state index < -0.39 is 10.0 Å². The Morgan fingerprint density at radius 3 is 2.69 bits per heavy atom. The normalized spacial score (nSPS) is 11.3. The van der Waals surface area contributed by atoms with Crippen LogP contribution in [0.15, 0.2) is 62.2 Å². The molecule has 0 aliphatic rings. The largest absolute Gasteiger partial charge is 0.495 e. The van der Waals surface area contributed by atoms with Gasteiger partial charge in [0.05, 0.1) is 7.11 Å². The van der Waals surface area contributed by atoms with Gasteiger partial charge in [-0.15, -0.1) is 10.2 Å². The van der Waals surface area contributed by atoms with E-state index in [9.17, 15) is 8.42 Å². The maximum Gasteiger partial charge on any atom is 0.267 e. The molecule has 0 fully saturated rings. The van der Waals surface area contributed by atoms with Gasteiger partial charge >= 0.3 is 0 Å². The molecule has 3 rings (SSSR count). The Kier molecular flexibility index (Phi) is 6.17. The van der Waals surface area contributed by atoms with E-state index in [4.69, 9.17) is 4.74 Å². The maximum atomic E-state index is 12.6. The first-order valence-corrected chi connectivity index (χ1v) is 11.4. The molecule has 1 aromatic heterocycles. The van der Waals surface area contributed by atoms with Gasteiger partial charge in [0.15, 0.2) is 4.34 Å². The Morgan fingerprint density at radius 2 is 1.96 bits per heavy atom. The van der Waals surface area contributed by atoms with Crippen molar-refractivity contribution in [2.24, 2.45) is 0 Å². The average Bonchev–Trinajstić information content (AvgIpc) is 3.07. The molecule has 0 spiro atoms. The van der Waals surface area contributed by atoms with E-state index in [1.807, 2.05) is 30.3 Å². The summed E-state index contributed by atoms with van der Waals surface area (Å²) in [5.41, 5.74) is 1.16. The summed E-state index contributed by atoms with van der Waals surface area (Å²) in [6, 6.07) is 14.7. The van der Waals surface area contributed by atoms with Gasteiger partial charge in [0.25, 0.3) is 10.0 Å². The van der Waals surface area contributed by atoms with Crippen LogP contribution >= 0.6 is 39.0 Å². The molecule has 0 unspecified atom stereocenters. The fourth-order valence-electron chi connectivity index (χ4n) is 2.06. The summed E-state index contributed by atoms with van der Waals surface area (Å²) < 4.78 is 34.2. The van der Waals surface area contributed by atoms with Gasteiger partial charge < -0.3 is 4.74 Å². The van der Waals surface area contributed by atoms with Crippen molar-refractivity contribution in [1.82, 2.24) is 10.2 Å². The van der Waals surface area contributed by atoms with Crippen LogP contribution in [0.1, 0.15) is 5.56 Å². The van der Waals surface area contributed by atoms with E-state index in [2.05, 4.69) is 30.8 Å². The number of sulfonamides is 1. The van der Waals surface area contributed by atoms with Crippen molar-refractivity contribution in [2.75, 3.05) is 11.8 Å². The second kappa shape index (κ2) is 8.38. The highest BCUT2D eigenvalue weighted by atomic mass is 79.9. The predicted octanol–water partition coefficient (Wildman–Crippen LogP) is 4.40. The van der Waals surface area contributed by atoms with E-state index in [-0.39, 0.29) is 15.8 Å². The highest BCUT2D eigenvalue weighted by Gasteiger charge is 2.22. The molecular formula is C16H14BrN3O3S3. The number of methoxy groups -OCH3 is 1. The molecule has 0 saturated carbocycles. The van der Waals surface area contributed by atoms with Gasteiger partial charge in [0.2, 0.25) is 5.13 Å². The molecule has 0 bridgehead atoms. The summed E-state index contributed by atoms with van der Waals surface area (Å²) >= 11 is 5.97. The van der Waals surface area contributed by atoms with Crippen molar-refractivity contribution in [3.05, 3.63) is 58.6 Å². The Morgan fingerprint density at radius 1 is 1.19 bits per heavy atom. The summed E-state index contributed by atoms with van der Waals surface area (Å²) in [6.07, 6.45) is 0. The second-order valence-corrected chi connectivity index (χ2v) is 9.81. The number of aromatic nitrogens is 2. The molecule has 10 heteroatoms. The topological polar surface area (TPSA) is 81.2 Å². The number of anilines is 1. The van der Waals surface area contributed by atoms with E-state index in [0.717, 1.165) is 11.3 Å². The van der Waals surface area contributed by atoms with Gasteiger partial charge in [-0.1, -0.05) is 69.4 Å². The Bertz CT molecular complexity index is 994. The summed E-state index contributed by atoms with van der Waals surface area (Å²) in [5, 5.41) is 8.17. The van der Waals surface area contributed by atoms with Crippen molar-refractivity contribution >= 4 is 54.2 Å². The lowest BCUT2D eigenvalue weighted by Crippen LogP contribution is -2.14. The predicted molar refractivity (Wildman–Crippen MR) is 107 cm³/mol. The zero-order valence-corrected chi connectivity index (χ0v) is 17.6. The van der Waals surface area contributed by atoms with Gasteiger partial charge in [-0.05, 0) is 23.8 Å². The van der Waals surface area contributed by atoms with Crippen LogP contribution in [-0.4, -0.2) is 25.7 Å². The van der Waals surface area contributed by atoms with Crippen molar-refractivity contribution in [2.45, 2.75) is 15.0 Å². The number of hydrogen-bond acceptors (Lipinski definition) is 7. The minimum atomic E-state index is -3.84. The zero-order valence-electron chi connectivity index (χ0n) is 13.5. The van der Waals surface area contributed by atoms with Crippen molar-refractivity contribution in [1.29, 1.82) is 0 Å². The van der Waals surface area contributed by atoms with Gasteiger partial charge in [-0.25, -0.2) is 8.42 Å². The number of ether oxygens (including phenoxy) is 1. The quantitative estimate of drug-likeness (QED) is 0.514. The van der Waals surface area contributed by atoms with Crippen LogP contribution in [0.5, 0.6) is 5.75 Å². The minimum absolute atomic E-state index is 0.0306. The highest BCUT2D eigenvalue weighted by molar-refractivity contribution is 9.10. The number of halogens is 1. The van der Waals surface area contributed by atoms with Gasteiger partial charge in [-0.3, -0.25) is 4.72 Å². The molecule has 0 radical (unpaired) electrons. The smallest absolute Gasteiger partial charge is 0.267 e. The van der Waals surface area contributed by atoms with Gasteiger partial charge in [0, 0.05) is 10.2 Å². The maximum absolute atomic E-state index is 12.6. The fourth-order valence-corrected chi connectivity index (χ4v) is 5.71. The van der Waals surface area contributed by atoms with Crippen LogP contribution in [-0.2, 0) is 15.8 Å². The lowest BCUT2D eigenvalue weighted by Gasteiger charge is -2.09. The molecule has 6 nitrogen and oxygen atoms in total. The first kappa shape index (κ1) is 19.2. The van der Waals surface area contributed by atoms with Crippen LogP contribution in [0.25, 0.3) is 0 Å². The van der Waals surface area contributed by atoms with E-state index in [0.29, 0.717) is 8.81 Å². The molecule has 0 aliphatic carbocycles. The van der Waals surface area contributed by atoms with Crippen LogP contribution < -0.4 is 9.46 Å². The first-order valence-electron chi connectivity index (χ1n) is 7.34. The van der Waals surface area contributed by atoms with Crippen molar-refractivity contribution in [3.8, 4) is 5.75 Å². The lowest BCUT2D eigenvalue weighted by molar-refractivity contribution is 0.403. The van der Waals surface area contributed by atoms with Gasteiger partial charge in [0.1, 0.15) is 10.6 Å². The molecule has 1 heterocycles. The molecular weight excluding hydrogens is 458 g/mol. The van der Waals surface area contributed by atoms with Crippen LogP contribution in [0.3, 0.4) is 0 Å². The molecule has 26 heavy (non-hydrogen) atoms. The number of nitrogens with one attached hydrogen (secondary N) is 1. The van der Waals surface area contributed by atoms with Crippen molar-refractivity contribution < 1.29 is 13.2 Å². The number of nitrogens with zero attached hydrogens (tertiary/aromatic N) is 2. The number of hydrogen-bond donors (Lipinski definition) is 1. The SMILES string of the molecule is COc1ccc(Br)cc1S(=O)(=O)Nc1nnc(SCc2ccccc2)s1. The van der Waals surface area contributed by atoms with Crippen LogP contribution in [0.2, 0.25) is 0 Å². The van der Waals surface area contributed by atoms with E-state index in [1.165, 1.54) is 36.3 Å². The molecule has 136 valence electrons. The van der Waals surface area contributed by atoms with E-state index in [1.54, 1.807) is 12.1 Å². The molecule has 3 aromatic rings. The first-order chi connectivity index (χ1) is 12.5.